The Morgan fingerprint density at radius 1 is 0.971 bits per heavy atom. The highest BCUT2D eigenvalue weighted by molar-refractivity contribution is 5.54. The van der Waals surface area contributed by atoms with E-state index >= 15 is 0 Å². The first-order chi connectivity index (χ1) is 17.1. The lowest BCUT2D eigenvalue weighted by atomic mass is 10.0. The summed E-state index contributed by atoms with van der Waals surface area (Å²) in [6, 6.07) is 17.4. The topological polar surface area (TPSA) is 78.6 Å². The molecule has 3 aromatic rings. The van der Waals surface area contributed by atoms with Gasteiger partial charge in [-0.25, -0.2) is 4.98 Å². The molecule has 1 aromatic heterocycles. The van der Waals surface area contributed by atoms with Gasteiger partial charge in [-0.2, -0.15) is 4.98 Å². The van der Waals surface area contributed by atoms with Crippen molar-refractivity contribution in [1.29, 1.82) is 0 Å². The molecule has 8 nitrogen and oxygen atoms in total. The van der Waals surface area contributed by atoms with E-state index in [4.69, 9.17) is 9.97 Å². The number of benzene rings is 2. The summed E-state index contributed by atoms with van der Waals surface area (Å²) in [4.78, 5) is 27.9. The van der Waals surface area contributed by atoms with Gasteiger partial charge in [-0.3, -0.25) is 15.0 Å². The molecule has 0 N–H and O–H groups in total. The lowest BCUT2D eigenvalue weighted by molar-refractivity contribution is -0.384. The molecule has 182 valence electrons. The molecule has 5 rings (SSSR count). The van der Waals surface area contributed by atoms with Crippen LogP contribution in [-0.4, -0.2) is 46.5 Å². The van der Waals surface area contributed by atoms with Crippen LogP contribution in [0.2, 0.25) is 0 Å². The van der Waals surface area contributed by atoms with E-state index < -0.39 is 0 Å². The van der Waals surface area contributed by atoms with Crippen molar-refractivity contribution in [2.24, 2.45) is 0 Å². The van der Waals surface area contributed by atoms with Crippen molar-refractivity contribution in [2.75, 3.05) is 36.5 Å². The standard InChI is InChI=1S/C27H32N6O2/c1-30(18-21-9-4-2-5-10-21)27-28-25-13-16-31(19-22-11-8-12-23(17-22)33(34)35)20-24(25)26(29-27)32-14-6-3-7-15-32/h2,4-5,8-12,17H,3,6-7,13-16,18-20H2,1H3. The van der Waals surface area contributed by atoms with Crippen molar-refractivity contribution >= 4 is 17.5 Å². The number of anilines is 2. The molecule has 0 radical (unpaired) electrons. The number of nitrogens with zero attached hydrogens (tertiary/aromatic N) is 6. The number of piperidine rings is 1. The Bertz CT molecular complexity index is 1180. The summed E-state index contributed by atoms with van der Waals surface area (Å²) in [6.45, 7) is 5.11. The first-order valence-corrected chi connectivity index (χ1v) is 12.4. The second kappa shape index (κ2) is 10.4. The van der Waals surface area contributed by atoms with Crippen LogP contribution in [0.5, 0.6) is 0 Å². The largest absolute Gasteiger partial charge is 0.356 e. The van der Waals surface area contributed by atoms with Crippen LogP contribution < -0.4 is 9.80 Å². The Labute approximate surface area is 206 Å². The van der Waals surface area contributed by atoms with E-state index in [-0.39, 0.29) is 10.6 Å². The summed E-state index contributed by atoms with van der Waals surface area (Å²) in [6.07, 6.45) is 4.49. The van der Waals surface area contributed by atoms with E-state index in [1.165, 1.54) is 30.4 Å². The van der Waals surface area contributed by atoms with Gasteiger partial charge in [0, 0.05) is 70.4 Å². The summed E-state index contributed by atoms with van der Waals surface area (Å²) in [5, 5.41) is 11.2. The lowest BCUT2D eigenvalue weighted by Gasteiger charge is -2.35. The smallest absolute Gasteiger partial charge is 0.269 e. The van der Waals surface area contributed by atoms with E-state index in [0.717, 1.165) is 62.2 Å². The third-order valence-electron chi connectivity index (χ3n) is 6.89. The first kappa shape index (κ1) is 23.2. The monoisotopic (exact) mass is 472 g/mol. The zero-order chi connectivity index (χ0) is 24.2. The molecule has 3 heterocycles. The highest BCUT2D eigenvalue weighted by atomic mass is 16.6. The molecule has 0 unspecified atom stereocenters. The second-order valence-corrected chi connectivity index (χ2v) is 9.55. The van der Waals surface area contributed by atoms with Gasteiger partial charge >= 0.3 is 0 Å². The highest BCUT2D eigenvalue weighted by Crippen LogP contribution is 2.31. The van der Waals surface area contributed by atoms with Crippen molar-refractivity contribution in [3.8, 4) is 0 Å². The molecule has 2 aliphatic rings. The first-order valence-electron chi connectivity index (χ1n) is 12.4. The minimum atomic E-state index is -0.329. The van der Waals surface area contributed by atoms with Crippen LogP contribution in [-0.2, 0) is 26.1 Å². The fraction of sp³-hybridized carbons (Fsp3) is 0.407. The average molecular weight is 473 g/mol. The number of aromatic nitrogens is 2. The molecule has 1 saturated heterocycles. The van der Waals surface area contributed by atoms with Crippen LogP contribution in [0.4, 0.5) is 17.5 Å². The third kappa shape index (κ3) is 5.43. The molecule has 0 bridgehead atoms. The molecule has 0 saturated carbocycles. The zero-order valence-electron chi connectivity index (χ0n) is 20.3. The fourth-order valence-electron chi connectivity index (χ4n) is 5.07. The minimum absolute atomic E-state index is 0.142. The van der Waals surface area contributed by atoms with Crippen LogP contribution in [0.15, 0.2) is 54.6 Å². The van der Waals surface area contributed by atoms with E-state index in [9.17, 15) is 10.1 Å². The second-order valence-electron chi connectivity index (χ2n) is 9.55. The van der Waals surface area contributed by atoms with Crippen molar-refractivity contribution in [2.45, 2.75) is 45.3 Å². The summed E-state index contributed by atoms with van der Waals surface area (Å²) in [5.74, 6) is 1.84. The quantitative estimate of drug-likeness (QED) is 0.368. The van der Waals surface area contributed by atoms with E-state index in [1.807, 2.05) is 12.1 Å². The van der Waals surface area contributed by atoms with E-state index in [2.05, 4.69) is 46.0 Å². The van der Waals surface area contributed by atoms with Gasteiger partial charge in [0.05, 0.1) is 10.6 Å². The van der Waals surface area contributed by atoms with Crippen LogP contribution in [0, 0.1) is 10.1 Å². The molecule has 0 amide bonds. The van der Waals surface area contributed by atoms with Crippen LogP contribution >= 0.6 is 0 Å². The molecule has 0 aliphatic carbocycles. The summed E-state index contributed by atoms with van der Waals surface area (Å²) in [5.41, 5.74) is 4.68. The van der Waals surface area contributed by atoms with Crippen molar-refractivity contribution in [3.63, 3.8) is 0 Å². The lowest BCUT2D eigenvalue weighted by Crippen LogP contribution is -2.37. The predicted octanol–water partition coefficient (Wildman–Crippen LogP) is 4.57. The fourth-order valence-corrected chi connectivity index (χ4v) is 5.07. The van der Waals surface area contributed by atoms with Gasteiger partial charge in [-0.05, 0) is 30.4 Å². The van der Waals surface area contributed by atoms with Gasteiger partial charge in [0.25, 0.3) is 5.69 Å². The number of nitro benzene ring substituents is 1. The zero-order valence-corrected chi connectivity index (χ0v) is 20.3. The molecular formula is C27H32N6O2. The van der Waals surface area contributed by atoms with Gasteiger partial charge in [-0.1, -0.05) is 42.5 Å². The van der Waals surface area contributed by atoms with Crippen LogP contribution in [0.3, 0.4) is 0 Å². The number of rotatable bonds is 7. The molecule has 2 aromatic carbocycles. The third-order valence-corrected chi connectivity index (χ3v) is 6.89. The van der Waals surface area contributed by atoms with Crippen molar-refractivity contribution in [3.05, 3.63) is 87.1 Å². The summed E-state index contributed by atoms with van der Waals surface area (Å²) >= 11 is 0. The maximum Gasteiger partial charge on any atom is 0.269 e. The van der Waals surface area contributed by atoms with Crippen molar-refractivity contribution < 1.29 is 4.92 Å². The maximum atomic E-state index is 11.2. The van der Waals surface area contributed by atoms with Gasteiger partial charge in [0.1, 0.15) is 5.82 Å². The van der Waals surface area contributed by atoms with Gasteiger partial charge < -0.3 is 9.80 Å². The van der Waals surface area contributed by atoms with Crippen LogP contribution in [0.1, 0.15) is 41.6 Å². The van der Waals surface area contributed by atoms with Gasteiger partial charge in [-0.15, -0.1) is 0 Å². The number of fused-ring (bicyclic) bond motifs is 1. The molecule has 0 spiro atoms. The highest BCUT2D eigenvalue weighted by Gasteiger charge is 2.27. The van der Waals surface area contributed by atoms with Gasteiger partial charge in [0.15, 0.2) is 0 Å². The Hall–Kier alpha value is -3.52. The number of hydrogen-bond donors (Lipinski definition) is 0. The Balaban J connectivity index is 1.41. The predicted molar refractivity (Wildman–Crippen MR) is 138 cm³/mol. The molecule has 0 atom stereocenters. The minimum Gasteiger partial charge on any atom is -0.356 e. The summed E-state index contributed by atoms with van der Waals surface area (Å²) in [7, 11) is 2.06. The Morgan fingerprint density at radius 2 is 1.74 bits per heavy atom. The average Bonchev–Trinajstić information content (AvgIpc) is 2.89. The number of non-ortho nitro benzene ring substituents is 1. The normalized spacial score (nSPS) is 16.1. The Morgan fingerprint density at radius 3 is 2.51 bits per heavy atom. The maximum absolute atomic E-state index is 11.2. The van der Waals surface area contributed by atoms with E-state index in [1.54, 1.807) is 18.2 Å². The summed E-state index contributed by atoms with van der Waals surface area (Å²) < 4.78 is 0. The number of hydrogen-bond acceptors (Lipinski definition) is 7. The molecule has 8 heteroatoms. The molecule has 35 heavy (non-hydrogen) atoms. The molecule has 1 fully saturated rings. The molecule has 2 aliphatic heterocycles. The Kier molecular flexibility index (Phi) is 6.90. The number of nitro groups is 1. The van der Waals surface area contributed by atoms with Crippen LogP contribution in [0.25, 0.3) is 0 Å². The molecular weight excluding hydrogens is 440 g/mol. The van der Waals surface area contributed by atoms with E-state index in [0.29, 0.717) is 6.54 Å². The van der Waals surface area contributed by atoms with Crippen molar-refractivity contribution in [1.82, 2.24) is 14.9 Å². The van der Waals surface area contributed by atoms with Gasteiger partial charge in [0.2, 0.25) is 5.95 Å². The SMILES string of the molecule is CN(Cc1ccccc1)c1nc2c(c(N3CCCCC3)n1)CN(Cc1cccc([N+](=O)[O-])c1)CC2.